The minimum Gasteiger partial charge on any atom is -0.480 e. The van der Waals surface area contributed by atoms with Gasteiger partial charge in [-0.2, -0.15) is 0 Å². The molecule has 0 fully saturated rings. The van der Waals surface area contributed by atoms with Crippen molar-refractivity contribution in [3.05, 3.63) is 23.7 Å². The molecule has 0 radical (unpaired) electrons. The average Bonchev–Trinajstić information content (AvgIpc) is 2.63. The van der Waals surface area contributed by atoms with E-state index in [1.807, 2.05) is 13.0 Å². The van der Waals surface area contributed by atoms with Gasteiger partial charge in [0.25, 0.3) is 0 Å². The summed E-state index contributed by atoms with van der Waals surface area (Å²) in [5, 5.41) is 8.34. The summed E-state index contributed by atoms with van der Waals surface area (Å²) in [5.41, 5.74) is 0. The highest BCUT2D eigenvalue weighted by Crippen LogP contribution is 2.08. The molecule has 0 aromatic carbocycles. The molecule has 1 amide bonds. The molecule has 0 aliphatic carbocycles. The topological polar surface area (TPSA) is 80.0 Å². The average molecular weight is 241 g/mol. The molecule has 94 valence electrons. The van der Waals surface area contributed by atoms with E-state index in [4.69, 9.17) is 14.3 Å². The number of hydrogen-bond acceptors (Lipinski definition) is 4. The van der Waals surface area contributed by atoms with Crippen LogP contribution in [0.5, 0.6) is 0 Å². The van der Waals surface area contributed by atoms with Gasteiger partial charge in [0.1, 0.15) is 24.7 Å². The van der Waals surface area contributed by atoms with E-state index in [0.717, 1.165) is 5.76 Å². The number of carbonyl (C=O) groups excluding carboxylic acids is 1. The molecule has 6 nitrogen and oxygen atoms in total. The van der Waals surface area contributed by atoms with Crippen molar-refractivity contribution in [3.8, 4) is 0 Å². The second kappa shape index (κ2) is 6.05. The monoisotopic (exact) mass is 241 g/mol. The van der Waals surface area contributed by atoms with Crippen molar-refractivity contribution in [1.29, 1.82) is 0 Å². The van der Waals surface area contributed by atoms with Gasteiger partial charge in [-0.25, -0.2) is 4.79 Å². The van der Waals surface area contributed by atoms with Gasteiger partial charge in [0.2, 0.25) is 5.91 Å². The maximum Gasteiger partial charge on any atom is 0.329 e. The molecule has 0 spiro atoms. The maximum atomic E-state index is 11.5. The fourth-order valence-corrected chi connectivity index (χ4v) is 1.23. The summed E-state index contributed by atoms with van der Waals surface area (Å²) in [5.74, 6) is 0.0713. The predicted octanol–water partition coefficient (Wildman–Crippen LogP) is 0.648. The third-order valence-electron chi connectivity index (χ3n) is 2.07. The van der Waals surface area contributed by atoms with Crippen molar-refractivity contribution >= 4 is 11.9 Å². The molecule has 17 heavy (non-hydrogen) atoms. The first-order chi connectivity index (χ1) is 7.99. The molecular formula is C11H15NO5. The first kappa shape index (κ1) is 13.2. The van der Waals surface area contributed by atoms with E-state index in [1.54, 1.807) is 13.1 Å². The molecule has 0 aliphatic rings. The van der Waals surface area contributed by atoms with Crippen LogP contribution < -0.4 is 0 Å². The number of amides is 1. The van der Waals surface area contributed by atoms with Crippen LogP contribution in [-0.4, -0.2) is 42.1 Å². The fourth-order valence-electron chi connectivity index (χ4n) is 1.23. The van der Waals surface area contributed by atoms with Crippen LogP contribution in [0.2, 0.25) is 0 Å². The fraction of sp³-hybridized carbons (Fsp3) is 0.455. The molecule has 0 atom stereocenters. The third-order valence-corrected chi connectivity index (χ3v) is 2.07. The standard InChI is InChI=1S/C11H15NO5/c1-8-3-4-9(17-8)5-12(2)10(13)6-16-7-11(14)15/h3-4H,5-7H2,1-2H3,(H,14,15). The number of aliphatic carboxylic acids is 1. The molecule has 0 bridgehead atoms. The van der Waals surface area contributed by atoms with Gasteiger partial charge in [0.05, 0.1) is 6.54 Å². The lowest BCUT2D eigenvalue weighted by Gasteiger charge is -2.15. The van der Waals surface area contributed by atoms with E-state index in [0.29, 0.717) is 12.3 Å². The number of aryl methyl sites for hydroxylation is 1. The van der Waals surface area contributed by atoms with E-state index < -0.39 is 12.6 Å². The first-order valence-corrected chi connectivity index (χ1v) is 5.08. The second-order valence-electron chi connectivity index (χ2n) is 3.65. The summed E-state index contributed by atoms with van der Waals surface area (Å²) < 4.78 is 10.0. The Hall–Kier alpha value is -1.82. The Morgan fingerprint density at radius 2 is 2.12 bits per heavy atom. The van der Waals surface area contributed by atoms with Crippen LogP contribution in [0.1, 0.15) is 11.5 Å². The number of nitrogens with zero attached hydrogens (tertiary/aromatic N) is 1. The summed E-state index contributed by atoms with van der Waals surface area (Å²) in [7, 11) is 1.60. The Labute approximate surface area is 98.8 Å². The summed E-state index contributed by atoms with van der Waals surface area (Å²) in [6.45, 7) is 1.44. The van der Waals surface area contributed by atoms with E-state index in [2.05, 4.69) is 0 Å². The van der Waals surface area contributed by atoms with E-state index in [9.17, 15) is 9.59 Å². The van der Waals surface area contributed by atoms with Crippen molar-refractivity contribution in [2.45, 2.75) is 13.5 Å². The Morgan fingerprint density at radius 3 is 2.65 bits per heavy atom. The number of hydrogen-bond donors (Lipinski definition) is 1. The van der Waals surface area contributed by atoms with Gasteiger partial charge in [-0.15, -0.1) is 0 Å². The van der Waals surface area contributed by atoms with Crippen LogP contribution in [0.3, 0.4) is 0 Å². The summed E-state index contributed by atoms with van der Waals surface area (Å²) in [6.07, 6.45) is 0. The molecule has 1 rings (SSSR count). The maximum absolute atomic E-state index is 11.5. The molecule has 0 aliphatic heterocycles. The molecule has 0 saturated carbocycles. The Balaban J connectivity index is 2.34. The van der Waals surface area contributed by atoms with Gasteiger partial charge in [-0.3, -0.25) is 4.79 Å². The molecular weight excluding hydrogens is 226 g/mol. The van der Waals surface area contributed by atoms with Gasteiger partial charge in [-0.1, -0.05) is 0 Å². The quantitative estimate of drug-likeness (QED) is 0.790. The van der Waals surface area contributed by atoms with Crippen molar-refractivity contribution in [3.63, 3.8) is 0 Å². The number of carboxylic acids is 1. The lowest BCUT2D eigenvalue weighted by Crippen LogP contribution is -2.30. The zero-order valence-electron chi connectivity index (χ0n) is 9.80. The van der Waals surface area contributed by atoms with Crippen LogP contribution >= 0.6 is 0 Å². The number of carboxylic acid groups (broad SMARTS) is 1. The number of furan rings is 1. The molecule has 0 unspecified atom stereocenters. The van der Waals surface area contributed by atoms with Gasteiger partial charge in [0.15, 0.2) is 0 Å². The minimum absolute atomic E-state index is 0.248. The summed E-state index contributed by atoms with van der Waals surface area (Å²) >= 11 is 0. The van der Waals surface area contributed by atoms with Gasteiger partial charge in [-0.05, 0) is 19.1 Å². The minimum atomic E-state index is -1.10. The summed E-state index contributed by atoms with van der Waals surface area (Å²) in [4.78, 5) is 23.1. The number of ether oxygens (including phenoxy) is 1. The lowest BCUT2D eigenvalue weighted by atomic mass is 10.4. The molecule has 1 aromatic heterocycles. The van der Waals surface area contributed by atoms with Crippen molar-refractivity contribution < 1.29 is 23.8 Å². The Bertz CT molecular complexity index is 398. The van der Waals surface area contributed by atoms with Crippen molar-refractivity contribution in [2.24, 2.45) is 0 Å². The van der Waals surface area contributed by atoms with Gasteiger partial charge < -0.3 is 19.2 Å². The zero-order chi connectivity index (χ0) is 12.8. The number of likely N-dealkylation sites (N-methyl/N-ethyl adjacent to an activating group) is 1. The number of carbonyl (C=O) groups is 2. The highest BCUT2D eigenvalue weighted by molar-refractivity contribution is 5.77. The SMILES string of the molecule is Cc1ccc(CN(C)C(=O)COCC(=O)O)o1. The van der Waals surface area contributed by atoms with Crippen LogP contribution in [-0.2, 0) is 20.9 Å². The number of rotatable bonds is 6. The Morgan fingerprint density at radius 1 is 1.41 bits per heavy atom. The van der Waals surface area contributed by atoms with E-state index >= 15 is 0 Å². The molecule has 6 heteroatoms. The van der Waals surface area contributed by atoms with Crippen LogP contribution in [0, 0.1) is 6.92 Å². The van der Waals surface area contributed by atoms with Crippen LogP contribution in [0.25, 0.3) is 0 Å². The smallest absolute Gasteiger partial charge is 0.329 e. The zero-order valence-corrected chi connectivity index (χ0v) is 9.80. The van der Waals surface area contributed by atoms with E-state index in [1.165, 1.54) is 4.90 Å². The van der Waals surface area contributed by atoms with Crippen molar-refractivity contribution in [1.82, 2.24) is 4.90 Å². The molecule has 1 heterocycles. The van der Waals surface area contributed by atoms with Crippen LogP contribution in [0.15, 0.2) is 16.5 Å². The van der Waals surface area contributed by atoms with Gasteiger partial charge >= 0.3 is 5.97 Å². The predicted molar refractivity (Wildman–Crippen MR) is 58.4 cm³/mol. The molecule has 0 saturated heterocycles. The molecule has 1 N–H and O–H groups in total. The largest absolute Gasteiger partial charge is 0.480 e. The molecule has 1 aromatic rings. The Kier molecular flexibility index (Phi) is 4.71. The van der Waals surface area contributed by atoms with Gasteiger partial charge in [0, 0.05) is 7.05 Å². The summed E-state index contributed by atoms with van der Waals surface area (Å²) in [6, 6.07) is 3.60. The highest BCUT2D eigenvalue weighted by Gasteiger charge is 2.11. The second-order valence-corrected chi connectivity index (χ2v) is 3.65. The highest BCUT2D eigenvalue weighted by atomic mass is 16.5. The lowest BCUT2D eigenvalue weighted by molar-refractivity contribution is -0.145. The van der Waals surface area contributed by atoms with E-state index in [-0.39, 0.29) is 12.5 Å². The third kappa shape index (κ3) is 4.69. The first-order valence-electron chi connectivity index (χ1n) is 5.08. The normalized spacial score (nSPS) is 10.2. The van der Waals surface area contributed by atoms with Crippen LogP contribution in [0.4, 0.5) is 0 Å². The van der Waals surface area contributed by atoms with Crippen molar-refractivity contribution in [2.75, 3.05) is 20.3 Å².